The lowest BCUT2D eigenvalue weighted by Crippen LogP contribution is -2.40. The van der Waals surface area contributed by atoms with E-state index in [2.05, 4.69) is 20.2 Å². The highest BCUT2D eigenvalue weighted by Gasteiger charge is 2.15. The Morgan fingerprint density at radius 2 is 1.94 bits per heavy atom. The maximum absolute atomic E-state index is 14.7. The fourth-order valence-corrected chi connectivity index (χ4v) is 3.79. The van der Waals surface area contributed by atoms with Gasteiger partial charge in [0.1, 0.15) is 12.4 Å². The van der Waals surface area contributed by atoms with Crippen LogP contribution in [0.1, 0.15) is 12.0 Å². The van der Waals surface area contributed by atoms with E-state index in [1.165, 1.54) is 6.42 Å². The van der Waals surface area contributed by atoms with E-state index in [1.807, 2.05) is 31.2 Å². The molecule has 8 heteroatoms. The third kappa shape index (κ3) is 5.58. The number of anilines is 1. The molecule has 0 spiro atoms. The van der Waals surface area contributed by atoms with Crippen molar-refractivity contribution in [3.8, 4) is 34.1 Å². The van der Waals surface area contributed by atoms with Crippen LogP contribution >= 0.6 is 0 Å². The SMILES string of the molecule is COc1cc(-c2cc(-c3cc(NCCN4CCC4)c(F)cc3C)cc(OCCO)n2)ccn1. The van der Waals surface area contributed by atoms with Gasteiger partial charge in [-0.25, -0.2) is 14.4 Å². The van der Waals surface area contributed by atoms with E-state index in [0.29, 0.717) is 29.7 Å². The number of aliphatic hydroxyl groups is 1. The van der Waals surface area contributed by atoms with E-state index in [1.54, 1.807) is 25.4 Å². The minimum atomic E-state index is -0.273. The van der Waals surface area contributed by atoms with Crippen LogP contribution in [0.15, 0.2) is 42.6 Å². The second-order valence-corrected chi connectivity index (χ2v) is 8.01. The largest absolute Gasteiger partial charge is 0.481 e. The third-order valence-corrected chi connectivity index (χ3v) is 5.70. The van der Waals surface area contributed by atoms with E-state index in [-0.39, 0.29) is 19.0 Å². The summed E-state index contributed by atoms with van der Waals surface area (Å²) in [6.07, 6.45) is 2.89. The Morgan fingerprint density at radius 1 is 1.12 bits per heavy atom. The van der Waals surface area contributed by atoms with Crippen LogP contribution in [0.2, 0.25) is 0 Å². The molecule has 1 saturated heterocycles. The standard InChI is InChI=1S/C25H29FN4O3/c1-17-12-21(26)23(27-6-9-30-7-3-8-30)16-20(17)19-13-22(29-25(15-19)33-11-10-31)18-4-5-28-24(14-18)32-2/h4-5,12-16,27,31H,3,6-11H2,1-2H3. The van der Waals surface area contributed by atoms with Crippen LogP contribution in [0.4, 0.5) is 10.1 Å². The number of nitrogens with zero attached hydrogens (tertiary/aromatic N) is 3. The summed E-state index contributed by atoms with van der Waals surface area (Å²) < 4.78 is 25.6. The molecule has 0 radical (unpaired) electrons. The second-order valence-electron chi connectivity index (χ2n) is 8.01. The molecule has 1 aromatic carbocycles. The van der Waals surface area contributed by atoms with Crippen LogP contribution < -0.4 is 14.8 Å². The molecule has 3 heterocycles. The minimum absolute atomic E-state index is 0.120. The molecule has 0 atom stereocenters. The maximum Gasteiger partial charge on any atom is 0.214 e. The van der Waals surface area contributed by atoms with Crippen molar-refractivity contribution in [3.63, 3.8) is 0 Å². The number of rotatable bonds is 10. The van der Waals surface area contributed by atoms with Crippen molar-refractivity contribution >= 4 is 5.69 Å². The number of benzene rings is 1. The first-order valence-corrected chi connectivity index (χ1v) is 11.1. The molecule has 2 N–H and O–H groups in total. The number of ether oxygens (including phenoxy) is 2. The number of hydrogen-bond donors (Lipinski definition) is 2. The Hall–Kier alpha value is -3.23. The quantitative estimate of drug-likeness (QED) is 0.485. The third-order valence-electron chi connectivity index (χ3n) is 5.70. The molecule has 174 valence electrons. The summed E-state index contributed by atoms with van der Waals surface area (Å²) in [5.74, 6) is 0.581. The number of halogens is 1. The van der Waals surface area contributed by atoms with Gasteiger partial charge in [-0.15, -0.1) is 0 Å². The normalized spacial score (nSPS) is 13.5. The molecule has 0 bridgehead atoms. The van der Waals surface area contributed by atoms with Crippen molar-refractivity contribution in [2.45, 2.75) is 13.3 Å². The van der Waals surface area contributed by atoms with Crippen molar-refractivity contribution in [2.75, 3.05) is 51.8 Å². The number of aryl methyl sites for hydroxylation is 1. The number of aromatic nitrogens is 2. The molecule has 33 heavy (non-hydrogen) atoms. The summed E-state index contributed by atoms with van der Waals surface area (Å²) in [4.78, 5) is 11.1. The van der Waals surface area contributed by atoms with E-state index in [4.69, 9.17) is 9.47 Å². The highest BCUT2D eigenvalue weighted by atomic mass is 19.1. The average molecular weight is 453 g/mol. The van der Waals surface area contributed by atoms with Gasteiger partial charge in [0.25, 0.3) is 0 Å². The van der Waals surface area contributed by atoms with Gasteiger partial charge in [-0.3, -0.25) is 0 Å². The number of nitrogens with one attached hydrogen (secondary N) is 1. The van der Waals surface area contributed by atoms with Gasteiger partial charge in [0.2, 0.25) is 11.8 Å². The summed E-state index contributed by atoms with van der Waals surface area (Å²) in [5.41, 5.74) is 4.46. The van der Waals surface area contributed by atoms with Crippen molar-refractivity contribution in [3.05, 3.63) is 54.0 Å². The minimum Gasteiger partial charge on any atom is -0.481 e. The molecule has 4 rings (SSSR count). The lowest BCUT2D eigenvalue weighted by atomic mass is 9.98. The van der Waals surface area contributed by atoms with Gasteiger partial charge in [0, 0.05) is 37.0 Å². The Labute approximate surface area is 193 Å². The van der Waals surface area contributed by atoms with Crippen LogP contribution in [-0.4, -0.2) is 66.5 Å². The number of likely N-dealkylation sites (tertiary alicyclic amines) is 1. The lowest BCUT2D eigenvalue weighted by molar-refractivity contribution is 0.189. The fraction of sp³-hybridized carbons (Fsp3) is 0.360. The highest BCUT2D eigenvalue weighted by molar-refractivity contribution is 5.76. The van der Waals surface area contributed by atoms with Gasteiger partial charge in [-0.2, -0.15) is 0 Å². The van der Waals surface area contributed by atoms with E-state index >= 15 is 0 Å². The van der Waals surface area contributed by atoms with Crippen LogP contribution in [0, 0.1) is 12.7 Å². The van der Waals surface area contributed by atoms with Crippen molar-refractivity contribution in [2.24, 2.45) is 0 Å². The molecule has 0 amide bonds. The van der Waals surface area contributed by atoms with Gasteiger partial charge in [0.15, 0.2) is 0 Å². The van der Waals surface area contributed by atoms with Crippen molar-refractivity contribution in [1.29, 1.82) is 0 Å². The Balaban J connectivity index is 1.69. The number of pyridine rings is 2. The van der Waals surface area contributed by atoms with Gasteiger partial charge in [-0.05, 0) is 67.4 Å². The number of aliphatic hydroxyl groups excluding tert-OH is 1. The highest BCUT2D eigenvalue weighted by Crippen LogP contribution is 2.34. The van der Waals surface area contributed by atoms with E-state index in [0.717, 1.165) is 41.9 Å². The molecular weight excluding hydrogens is 423 g/mol. The van der Waals surface area contributed by atoms with Gasteiger partial charge >= 0.3 is 0 Å². The molecule has 2 aromatic heterocycles. The smallest absolute Gasteiger partial charge is 0.214 e. The molecule has 3 aromatic rings. The summed E-state index contributed by atoms with van der Waals surface area (Å²) >= 11 is 0. The summed E-state index contributed by atoms with van der Waals surface area (Å²) in [5, 5.41) is 12.4. The van der Waals surface area contributed by atoms with Crippen LogP contribution in [0.5, 0.6) is 11.8 Å². The maximum atomic E-state index is 14.7. The molecule has 7 nitrogen and oxygen atoms in total. The van der Waals surface area contributed by atoms with Gasteiger partial charge < -0.3 is 24.8 Å². The van der Waals surface area contributed by atoms with Crippen molar-refractivity contribution in [1.82, 2.24) is 14.9 Å². The van der Waals surface area contributed by atoms with Gasteiger partial charge in [0.05, 0.1) is 25.1 Å². The number of hydrogen-bond acceptors (Lipinski definition) is 7. The summed E-state index contributed by atoms with van der Waals surface area (Å²) in [7, 11) is 1.56. The fourth-order valence-electron chi connectivity index (χ4n) is 3.79. The predicted octanol–water partition coefficient (Wildman–Crippen LogP) is 3.76. The zero-order valence-electron chi connectivity index (χ0n) is 19.0. The monoisotopic (exact) mass is 452 g/mol. The van der Waals surface area contributed by atoms with E-state index in [9.17, 15) is 9.50 Å². The Bertz CT molecular complexity index is 1110. The predicted molar refractivity (Wildman–Crippen MR) is 126 cm³/mol. The van der Waals surface area contributed by atoms with E-state index < -0.39 is 0 Å². The first-order chi connectivity index (χ1) is 16.1. The summed E-state index contributed by atoms with van der Waals surface area (Å²) in [6, 6.07) is 10.8. The lowest BCUT2D eigenvalue weighted by Gasteiger charge is -2.30. The van der Waals surface area contributed by atoms with Crippen LogP contribution in [0.25, 0.3) is 22.4 Å². The first kappa shape index (κ1) is 22.9. The summed E-state index contributed by atoms with van der Waals surface area (Å²) in [6.45, 7) is 5.69. The van der Waals surface area contributed by atoms with Gasteiger partial charge in [-0.1, -0.05) is 0 Å². The molecule has 1 aliphatic heterocycles. The second kappa shape index (κ2) is 10.6. The molecule has 1 fully saturated rings. The van der Waals surface area contributed by atoms with Crippen molar-refractivity contribution < 1.29 is 19.0 Å². The molecule has 0 saturated carbocycles. The zero-order valence-corrected chi connectivity index (χ0v) is 19.0. The zero-order chi connectivity index (χ0) is 23.2. The average Bonchev–Trinajstić information content (AvgIpc) is 2.80. The first-order valence-electron chi connectivity index (χ1n) is 11.1. The molecule has 0 aliphatic carbocycles. The number of methoxy groups -OCH3 is 1. The Morgan fingerprint density at radius 3 is 2.67 bits per heavy atom. The topological polar surface area (TPSA) is 79.7 Å². The molecule has 1 aliphatic rings. The molecular formula is C25H29FN4O3. The van der Waals surface area contributed by atoms with Crippen LogP contribution in [0.3, 0.4) is 0 Å². The Kier molecular flexibility index (Phi) is 7.36. The molecule has 0 unspecified atom stereocenters. The van der Waals surface area contributed by atoms with Crippen LogP contribution in [-0.2, 0) is 0 Å².